The van der Waals surface area contributed by atoms with E-state index in [2.05, 4.69) is 5.32 Å². The molecule has 5 aliphatic rings. The Hall–Kier alpha value is -1.40. The summed E-state index contributed by atoms with van der Waals surface area (Å²) >= 11 is 0. The molecule has 1 spiro atoms. The zero-order valence-electron chi connectivity index (χ0n) is 18.3. The number of carbonyl (C=O) groups excluding carboxylic acids is 1. The van der Waals surface area contributed by atoms with E-state index < -0.39 is 10.0 Å². The first-order valence-corrected chi connectivity index (χ1v) is 13.8. The minimum absolute atomic E-state index is 0.0378. The quantitative estimate of drug-likeness (QED) is 0.730. The third-order valence-corrected chi connectivity index (χ3v) is 11.5. The van der Waals surface area contributed by atoms with Crippen molar-refractivity contribution >= 4 is 15.9 Å². The normalized spacial score (nSPS) is 41.0. The third-order valence-electron chi connectivity index (χ3n) is 9.61. The maximum atomic E-state index is 13.5. The van der Waals surface area contributed by atoms with Crippen LogP contribution in [0.1, 0.15) is 63.4 Å². The highest BCUT2D eigenvalue weighted by atomic mass is 32.2. The third kappa shape index (κ3) is 2.97. The summed E-state index contributed by atoms with van der Waals surface area (Å²) in [4.78, 5) is 13.5. The number of hydrogen-bond donors (Lipinski definition) is 1. The molecule has 1 saturated heterocycles. The number of piperidine rings is 1. The van der Waals surface area contributed by atoms with E-state index in [1.54, 1.807) is 4.31 Å². The van der Waals surface area contributed by atoms with Crippen molar-refractivity contribution in [3.63, 3.8) is 0 Å². The number of rotatable bonds is 6. The fourth-order valence-corrected chi connectivity index (χ4v) is 10.4. The van der Waals surface area contributed by atoms with Crippen LogP contribution in [-0.4, -0.2) is 37.8 Å². The fraction of sp³-hybridized carbons (Fsp3) is 0.720. The van der Waals surface area contributed by atoms with Crippen molar-refractivity contribution in [2.75, 3.05) is 13.1 Å². The molecule has 0 aromatic heterocycles. The predicted molar refractivity (Wildman–Crippen MR) is 119 cm³/mol. The van der Waals surface area contributed by atoms with Gasteiger partial charge in [-0.2, -0.15) is 4.31 Å². The van der Waals surface area contributed by atoms with E-state index in [0.717, 1.165) is 55.4 Å². The van der Waals surface area contributed by atoms with Crippen LogP contribution in [0.2, 0.25) is 0 Å². The number of nitrogens with zero attached hydrogens (tertiary/aromatic N) is 1. The van der Waals surface area contributed by atoms with Crippen molar-refractivity contribution in [3.05, 3.63) is 35.9 Å². The van der Waals surface area contributed by atoms with Crippen molar-refractivity contribution in [1.29, 1.82) is 0 Å². The van der Waals surface area contributed by atoms with E-state index in [9.17, 15) is 13.2 Å². The highest BCUT2D eigenvalue weighted by molar-refractivity contribution is 7.88. The minimum Gasteiger partial charge on any atom is -0.354 e. The van der Waals surface area contributed by atoms with Crippen molar-refractivity contribution in [2.24, 2.45) is 28.6 Å². The topological polar surface area (TPSA) is 66.5 Å². The Labute approximate surface area is 186 Å². The van der Waals surface area contributed by atoms with Gasteiger partial charge in [0.2, 0.25) is 15.9 Å². The molecule has 1 N–H and O–H groups in total. The molecule has 1 amide bonds. The average Bonchev–Trinajstić information content (AvgIpc) is 3.07. The highest BCUT2D eigenvalue weighted by Gasteiger charge is 2.76. The molecule has 6 atom stereocenters. The van der Waals surface area contributed by atoms with Crippen molar-refractivity contribution in [2.45, 2.75) is 69.6 Å². The first kappa shape index (κ1) is 20.2. The molecule has 6 rings (SSSR count). The minimum atomic E-state index is -3.40. The molecule has 3 bridgehead atoms. The number of benzene rings is 1. The first-order chi connectivity index (χ1) is 14.9. The zero-order valence-corrected chi connectivity index (χ0v) is 19.1. The molecule has 1 aliphatic heterocycles. The number of amides is 1. The van der Waals surface area contributed by atoms with Gasteiger partial charge in [0.1, 0.15) is 0 Å². The summed E-state index contributed by atoms with van der Waals surface area (Å²) in [5, 5.41) is 3.28. The van der Waals surface area contributed by atoms with Gasteiger partial charge < -0.3 is 5.32 Å². The van der Waals surface area contributed by atoms with Crippen molar-refractivity contribution in [1.82, 2.24) is 9.62 Å². The first-order valence-electron chi connectivity index (χ1n) is 12.2. The highest BCUT2D eigenvalue weighted by Crippen LogP contribution is 2.81. The van der Waals surface area contributed by atoms with Gasteiger partial charge in [-0.15, -0.1) is 0 Å². The van der Waals surface area contributed by atoms with Gasteiger partial charge in [-0.25, -0.2) is 8.42 Å². The van der Waals surface area contributed by atoms with Crippen molar-refractivity contribution < 1.29 is 13.2 Å². The molecule has 4 saturated carbocycles. The molecule has 2 unspecified atom stereocenters. The van der Waals surface area contributed by atoms with E-state index in [-0.39, 0.29) is 28.5 Å². The summed E-state index contributed by atoms with van der Waals surface area (Å²) in [5.41, 5.74) is 0.968. The van der Waals surface area contributed by atoms with E-state index in [1.807, 2.05) is 30.3 Å². The molecule has 6 heteroatoms. The zero-order chi connectivity index (χ0) is 21.3. The number of fused-ring (bicyclic) bond motifs is 2. The van der Waals surface area contributed by atoms with E-state index in [0.29, 0.717) is 13.1 Å². The van der Waals surface area contributed by atoms with E-state index in [1.165, 1.54) is 25.7 Å². The summed E-state index contributed by atoms with van der Waals surface area (Å²) in [5.74, 6) is 2.65. The Morgan fingerprint density at radius 3 is 2.68 bits per heavy atom. The van der Waals surface area contributed by atoms with Crippen LogP contribution in [0.3, 0.4) is 0 Å². The second kappa shape index (κ2) is 7.05. The average molecular weight is 443 g/mol. The lowest BCUT2D eigenvalue weighted by atomic mass is 9.46. The van der Waals surface area contributed by atoms with Gasteiger partial charge >= 0.3 is 0 Å². The van der Waals surface area contributed by atoms with Crippen LogP contribution in [0, 0.1) is 28.6 Å². The van der Waals surface area contributed by atoms with Crippen LogP contribution in [0.15, 0.2) is 30.3 Å². The Balaban J connectivity index is 1.15. The summed E-state index contributed by atoms with van der Waals surface area (Å²) in [6, 6.07) is 9.30. The standard InChI is InChI=1S/C25H34N2O3S/c28-23(25-14-20-10-19-11-21(15-25)24(25,12-19)13-20)26-16-22-8-4-5-9-27(22)31(29,30)17-18-6-2-1-3-7-18/h1-3,6-7,19-22H,4-5,8-17H2,(H,26,28)/t19-,20+,21+,22?,24?,25+/m0/s1. The SMILES string of the molecule is O=C(NCC1CCCCN1S(=O)(=O)Cc1ccccc1)[C@@]12C[C@@H]3C[C@H]4C[C@H](C1)C2(C3)C4. The van der Waals surface area contributed by atoms with Gasteiger partial charge in [-0.3, -0.25) is 4.79 Å². The molecule has 1 aromatic carbocycles. The largest absolute Gasteiger partial charge is 0.354 e. The number of hydrogen-bond acceptors (Lipinski definition) is 3. The monoisotopic (exact) mass is 442 g/mol. The molecule has 168 valence electrons. The lowest BCUT2D eigenvalue weighted by Crippen LogP contribution is -2.61. The van der Waals surface area contributed by atoms with Gasteiger partial charge in [0.25, 0.3) is 0 Å². The van der Waals surface area contributed by atoms with Crippen molar-refractivity contribution in [3.8, 4) is 0 Å². The summed E-state index contributed by atoms with van der Waals surface area (Å²) in [7, 11) is -3.40. The molecule has 4 aliphatic carbocycles. The van der Waals surface area contributed by atoms with E-state index in [4.69, 9.17) is 0 Å². The number of carbonyl (C=O) groups is 1. The molecule has 5 nitrogen and oxygen atoms in total. The Bertz CT molecular complexity index is 974. The van der Waals surface area contributed by atoms with E-state index >= 15 is 0 Å². The lowest BCUT2D eigenvalue weighted by molar-refractivity contribution is -0.161. The van der Waals surface area contributed by atoms with Crippen LogP contribution in [0.4, 0.5) is 0 Å². The summed E-state index contributed by atoms with van der Waals surface area (Å²) in [6.07, 6.45) is 10.1. The van der Waals surface area contributed by atoms with Gasteiger partial charge in [0.05, 0.1) is 11.2 Å². The van der Waals surface area contributed by atoms with Gasteiger partial charge in [0, 0.05) is 19.1 Å². The van der Waals surface area contributed by atoms with Crippen LogP contribution < -0.4 is 5.32 Å². The second-order valence-corrected chi connectivity index (χ2v) is 13.1. The molecule has 1 aromatic rings. The van der Waals surface area contributed by atoms with Gasteiger partial charge in [0.15, 0.2) is 0 Å². The molecule has 1 heterocycles. The molecular formula is C25H34N2O3S. The molecule has 31 heavy (non-hydrogen) atoms. The molecule has 5 fully saturated rings. The second-order valence-electron chi connectivity index (χ2n) is 11.2. The van der Waals surface area contributed by atoms with Gasteiger partial charge in [-0.05, 0) is 80.1 Å². The number of sulfonamides is 1. The molecular weight excluding hydrogens is 408 g/mol. The summed E-state index contributed by atoms with van der Waals surface area (Å²) < 4.78 is 28.1. The Morgan fingerprint density at radius 2 is 1.84 bits per heavy atom. The smallest absolute Gasteiger partial charge is 0.226 e. The predicted octanol–water partition coefficient (Wildman–Crippen LogP) is 3.70. The summed E-state index contributed by atoms with van der Waals surface area (Å²) in [6.45, 7) is 1.03. The Kier molecular flexibility index (Phi) is 4.60. The maximum Gasteiger partial charge on any atom is 0.226 e. The number of nitrogens with one attached hydrogen (secondary N) is 1. The van der Waals surface area contributed by atoms with Gasteiger partial charge in [-0.1, -0.05) is 36.8 Å². The fourth-order valence-electron chi connectivity index (χ4n) is 8.58. The maximum absolute atomic E-state index is 13.5. The Morgan fingerprint density at radius 1 is 1.03 bits per heavy atom. The lowest BCUT2D eigenvalue weighted by Gasteiger charge is -2.57. The van der Waals surface area contributed by atoms with Crippen LogP contribution in [0.25, 0.3) is 0 Å². The van der Waals surface area contributed by atoms with Crippen LogP contribution in [0.5, 0.6) is 0 Å². The van der Waals surface area contributed by atoms with Crippen LogP contribution >= 0.6 is 0 Å². The molecule has 0 radical (unpaired) electrons. The van der Waals surface area contributed by atoms with Crippen LogP contribution in [-0.2, 0) is 20.6 Å².